The van der Waals surface area contributed by atoms with E-state index in [9.17, 15) is 8.42 Å². The Hall–Kier alpha value is -1.74. The summed E-state index contributed by atoms with van der Waals surface area (Å²) in [6.07, 6.45) is 1.64. The van der Waals surface area contributed by atoms with Crippen molar-refractivity contribution >= 4 is 10.0 Å². The first-order valence-electron chi connectivity index (χ1n) is 7.71. The van der Waals surface area contributed by atoms with E-state index in [2.05, 4.69) is 29.1 Å². The van der Waals surface area contributed by atoms with Gasteiger partial charge in [-0.05, 0) is 19.8 Å². The third kappa shape index (κ3) is 2.78. The number of aryl methyl sites for hydroxylation is 1. The minimum absolute atomic E-state index is 0.247. The topological polar surface area (TPSA) is 85.9 Å². The molecule has 0 N–H and O–H groups in total. The van der Waals surface area contributed by atoms with Crippen molar-refractivity contribution in [2.75, 3.05) is 6.54 Å². The van der Waals surface area contributed by atoms with Crippen LogP contribution in [0.25, 0.3) is 0 Å². The predicted molar refractivity (Wildman–Crippen MR) is 84.2 cm³/mol. The molecule has 1 aliphatic rings. The maximum atomic E-state index is 13.1. The minimum Gasteiger partial charge on any atom is -0.315 e. The lowest BCUT2D eigenvalue weighted by Gasteiger charge is -2.26. The van der Waals surface area contributed by atoms with E-state index in [1.807, 2.05) is 11.5 Å². The molecule has 0 saturated carbocycles. The zero-order valence-electron chi connectivity index (χ0n) is 13.9. The third-order valence-corrected chi connectivity index (χ3v) is 6.15. The molecule has 0 aliphatic carbocycles. The molecular weight excluding hydrogens is 316 g/mol. The second-order valence-electron chi connectivity index (χ2n) is 6.36. The molecule has 0 unspecified atom stereocenters. The summed E-state index contributed by atoms with van der Waals surface area (Å²) in [6.45, 7) is 9.68. The summed E-state index contributed by atoms with van der Waals surface area (Å²) in [4.78, 5) is 0.325. The van der Waals surface area contributed by atoms with E-state index in [1.165, 1.54) is 4.31 Å². The van der Waals surface area contributed by atoms with E-state index in [1.54, 1.807) is 17.9 Å². The number of fused-ring (bicyclic) bond motifs is 1. The van der Waals surface area contributed by atoms with Crippen LogP contribution in [-0.4, -0.2) is 43.8 Å². The highest BCUT2D eigenvalue weighted by Gasteiger charge is 2.33. The van der Waals surface area contributed by atoms with E-state index in [0.717, 1.165) is 0 Å². The second kappa shape index (κ2) is 5.72. The van der Waals surface area contributed by atoms with Crippen LogP contribution in [0.15, 0.2) is 11.2 Å². The summed E-state index contributed by atoms with van der Waals surface area (Å²) in [7, 11) is -3.59. The highest BCUT2D eigenvalue weighted by atomic mass is 32.2. The molecule has 0 fully saturated rings. The summed E-state index contributed by atoms with van der Waals surface area (Å²) in [6, 6.07) is 0. The quantitative estimate of drug-likeness (QED) is 0.828. The van der Waals surface area contributed by atoms with Crippen molar-refractivity contribution in [2.24, 2.45) is 5.92 Å². The van der Waals surface area contributed by atoms with Gasteiger partial charge in [0.25, 0.3) is 0 Å². The summed E-state index contributed by atoms with van der Waals surface area (Å²) in [5.41, 5.74) is 1.25. The summed E-state index contributed by atoms with van der Waals surface area (Å²) < 4.78 is 31.3. The lowest BCUT2D eigenvalue weighted by Crippen LogP contribution is -2.38. The average Bonchev–Trinajstić information content (AvgIpc) is 3.02. The Bertz CT molecular complexity index is 820. The Morgan fingerprint density at radius 1 is 1.26 bits per heavy atom. The van der Waals surface area contributed by atoms with Crippen molar-refractivity contribution in [2.45, 2.75) is 52.2 Å². The van der Waals surface area contributed by atoms with E-state index in [-0.39, 0.29) is 6.54 Å². The molecule has 8 nitrogen and oxygen atoms in total. The number of rotatable bonds is 4. The molecule has 3 heterocycles. The van der Waals surface area contributed by atoms with Crippen molar-refractivity contribution in [1.82, 2.24) is 28.9 Å². The van der Waals surface area contributed by atoms with Gasteiger partial charge in [0.1, 0.15) is 17.0 Å². The first kappa shape index (κ1) is 16.1. The Morgan fingerprint density at radius 3 is 2.70 bits per heavy atom. The van der Waals surface area contributed by atoms with Gasteiger partial charge in [-0.3, -0.25) is 4.68 Å². The standard InChI is InChI=1S/C14H22N6O2S/c1-10(2)7-20-12(4)14(11(3)17-20)23(21,22)19-6-5-18-9-15-16-13(18)8-19/h9-10H,5-8H2,1-4H3. The maximum absolute atomic E-state index is 13.1. The molecule has 23 heavy (non-hydrogen) atoms. The smallest absolute Gasteiger partial charge is 0.247 e. The van der Waals surface area contributed by atoms with Gasteiger partial charge in [0.2, 0.25) is 10.0 Å². The van der Waals surface area contributed by atoms with Gasteiger partial charge in [-0.25, -0.2) is 8.42 Å². The molecule has 0 spiro atoms. The molecule has 0 atom stereocenters. The largest absolute Gasteiger partial charge is 0.315 e. The number of aromatic nitrogens is 5. The first-order valence-corrected chi connectivity index (χ1v) is 9.15. The summed E-state index contributed by atoms with van der Waals surface area (Å²) in [5, 5.41) is 12.3. The van der Waals surface area contributed by atoms with E-state index in [0.29, 0.717) is 47.7 Å². The zero-order valence-corrected chi connectivity index (χ0v) is 14.7. The van der Waals surface area contributed by atoms with Crippen LogP contribution in [0.4, 0.5) is 0 Å². The molecule has 0 radical (unpaired) electrons. The first-order chi connectivity index (χ1) is 10.8. The number of hydrogen-bond acceptors (Lipinski definition) is 5. The molecule has 0 amide bonds. The number of sulfonamides is 1. The average molecular weight is 338 g/mol. The van der Waals surface area contributed by atoms with Crippen molar-refractivity contribution in [1.29, 1.82) is 0 Å². The normalized spacial score (nSPS) is 16.0. The molecule has 0 aromatic carbocycles. The minimum atomic E-state index is -3.59. The molecule has 3 rings (SSSR count). The lowest BCUT2D eigenvalue weighted by atomic mass is 10.2. The Labute approximate surface area is 136 Å². The molecular formula is C14H22N6O2S. The van der Waals surface area contributed by atoms with Crippen LogP contribution in [0.3, 0.4) is 0 Å². The van der Waals surface area contributed by atoms with Crippen LogP contribution in [0.2, 0.25) is 0 Å². The Balaban J connectivity index is 1.96. The fourth-order valence-corrected chi connectivity index (χ4v) is 4.71. The van der Waals surface area contributed by atoms with E-state index in [4.69, 9.17) is 0 Å². The molecule has 0 bridgehead atoms. The fourth-order valence-electron chi connectivity index (χ4n) is 2.96. The van der Waals surface area contributed by atoms with Crippen molar-refractivity contribution in [3.8, 4) is 0 Å². The van der Waals surface area contributed by atoms with Crippen molar-refractivity contribution in [3.05, 3.63) is 23.5 Å². The van der Waals surface area contributed by atoms with Crippen LogP contribution < -0.4 is 0 Å². The molecule has 2 aromatic rings. The summed E-state index contributed by atoms with van der Waals surface area (Å²) in [5.74, 6) is 1.07. The van der Waals surface area contributed by atoms with Gasteiger partial charge in [0.05, 0.1) is 17.9 Å². The SMILES string of the molecule is Cc1nn(CC(C)C)c(C)c1S(=O)(=O)N1CCn2cnnc2C1. The Kier molecular flexibility index (Phi) is 4.01. The Morgan fingerprint density at radius 2 is 2.00 bits per heavy atom. The van der Waals surface area contributed by atoms with Gasteiger partial charge in [-0.2, -0.15) is 9.40 Å². The van der Waals surface area contributed by atoms with Gasteiger partial charge in [-0.15, -0.1) is 10.2 Å². The lowest BCUT2D eigenvalue weighted by molar-refractivity contribution is 0.335. The van der Waals surface area contributed by atoms with Crippen LogP contribution in [-0.2, 0) is 29.7 Å². The second-order valence-corrected chi connectivity index (χ2v) is 8.23. The van der Waals surface area contributed by atoms with Crippen LogP contribution in [0.1, 0.15) is 31.1 Å². The van der Waals surface area contributed by atoms with Gasteiger partial charge in [-0.1, -0.05) is 13.8 Å². The predicted octanol–water partition coefficient (Wildman–Crippen LogP) is 0.952. The van der Waals surface area contributed by atoms with Crippen LogP contribution in [0, 0.1) is 19.8 Å². The summed E-state index contributed by atoms with van der Waals surface area (Å²) >= 11 is 0. The molecule has 2 aromatic heterocycles. The molecule has 9 heteroatoms. The van der Waals surface area contributed by atoms with Gasteiger partial charge >= 0.3 is 0 Å². The molecule has 0 saturated heterocycles. The fraction of sp³-hybridized carbons (Fsp3) is 0.643. The maximum Gasteiger partial charge on any atom is 0.247 e. The van der Waals surface area contributed by atoms with Crippen molar-refractivity contribution < 1.29 is 8.42 Å². The highest BCUT2D eigenvalue weighted by Crippen LogP contribution is 2.26. The van der Waals surface area contributed by atoms with E-state index < -0.39 is 10.0 Å². The van der Waals surface area contributed by atoms with Crippen LogP contribution in [0.5, 0.6) is 0 Å². The monoisotopic (exact) mass is 338 g/mol. The van der Waals surface area contributed by atoms with Gasteiger partial charge in [0, 0.05) is 19.6 Å². The van der Waals surface area contributed by atoms with Gasteiger partial charge in [0.15, 0.2) is 0 Å². The highest BCUT2D eigenvalue weighted by molar-refractivity contribution is 7.89. The number of nitrogens with zero attached hydrogens (tertiary/aromatic N) is 6. The molecule has 126 valence electrons. The third-order valence-electron chi connectivity index (χ3n) is 4.05. The van der Waals surface area contributed by atoms with Gasteiger partial charge < -0.3 is 4.57 Å². The van der Waals surface area contributed by atoms with Crippen molar-refractivity contribution in [3.63, 3.8) is 0 Å². The number of hydrogen-bond donors (Lipinski definition) is 0. The van der Waals surface area contributed by atoms with Crippen LogP contribution >= 0.6 is 0 Å². The zero-order chi connectivity index (χ0) is 16.8. The van der Waals surface area contributed by atoms with E-state index >= 15 is 0 Å². The molecule has 1 aliphatic heterocycles.